The van der Waals surface area contributed by atoms with Crippen LogP contribution in [0.4, 0.5) is 13.2 Å². The van der Waals surface area contributed by atoms with Crippen LogP contribution in [0.25, 0.3) is 0 Å². The Morgan fingerprint density at radius 3 is 2.56 bits per heavy atom. The Bertz CT molecular complexity index is 316. The summed E-state index contributed by atoms with van der Waals surface area (Å²) in [5.41, 5.74) is -1.95. The van der Waals surface area contributed by atoms with Crippen LogP contribution in [0.3, 0.4) is 0 Å². The van der Waals surface area contributed by atoms with E-state index in [9.17, 15) is 13.2 Å². The number of hydrogen-bond acceptors (Lipinski definition) is 4. The molecule has 0 aliphatic carbocycles. The average Bonchev–Trinajstić information content (AvgIpc) is 2.28. The molecule has 1 aliphatic rings. The van der Waals surface area contributed by atoms with E-state index in [1.54, 1.807) is 0 Å². The van der Waals surface area contributed by atoms with E-state index in [0.29, 0.717) is 12.4 Å². The number of alkyl halides is 3. The Morgan fingerprint density at radius 2 is 2.11 bits per heavy atom. The first kappa shape index (κ1) is 14.9. The number of hydrogen-bond donors (Lipinski definition) is 4. The van der Waals surface area contributed by atoms with E-state index in [4.69, 9.17) is 0 Å². The quantitative estimate of drug-likeness (QED) is 0.610. The van der Waals surface area contributed by atoms with Gasteiger partial charge in [-0.1, -0.05) is 0 Å². The predicted octanol–water partition coefficient (Wildman–Crippen LogP) is 0.885. The van der Waals surface area contributed by atoms with Crippen LogP contribution in [0.5, 0.6) is 0 Å². The summed E-state index contributed by atoms with van der Waals surface area (Å²) >= 11 is 0. The van der Waals surface area contributed by atoms with Gasteiger partial charge in [-0.05, 0) is 27.8 Å². The summed E-state index contributed by atoms with van der Waals surface area (Å²) in [5.74, 6) is 0.575. The molecule has 0 aromatic carbocycles. The van der Waals surface area contributed by atoms with E-state index < -0.39 is 17.8 Å². The van der Waals surface area contributed by atoms with Gasteiger partial charge in [-0.25, -0.2) is 0 Å². The van der Waals surface area contributed by atoms with Crippen molar-refractivity contribution in [3.05, 3.63) is 12.0 Å². The van der Waals surface area contributed by atoms with Crippen molar-refractivity contribution in [2.24, 2.45) is 0 Å². The van der Waals surface area contributed by atoms with E-state index >= 15 is 0 Å². The van der Waals surface area contributed by atoms with Crippen LogP contribution in [0.2, 0.25) is 0 Å². The fourth-order valence-corrected chi connectivity index (χ4v) is 1.56. The third-order valence-electron chi connectivity index (χ3n) is 3.43. The molecule has 1 rings (SSSR count). The minimum absolute atomic E-state index is 0.235. The Kier molecular flexibility index (Phi) is 4.37. The number of nitrogens with one attached hydrogen (secondary N) is 4. The maximum absolute atomic E-state index is 12.9. The van der Waals surface area contributed by atoms with Gasteiger partial charge >= 0.3 is 6.18 Å². The van der Waals surface area contributed by atoms with Gasteiger partial charge in [0.1, 0.15) is 5.82 Å². The highest BCUT2D eigenvalue weighted by Crippen LogP contribution is 2.34. The molecular weight excluding hydrogens is 245 g/mol. The molecule has 0 fully saturated rings. The lowest BCUT2D eigenvalue weighted by molar-refractivity contribution is -0.196. The fraction of sp³-hybridized carbons (Fsp3) is 0.818. The lowest BCUT2D eigenvalue weighted by Crippen LogP contribution is -2.67. The van der Waals surface area contributed by atoms with E-state index in [1.165, 1.54) is 13.1 Å². The number of rotatable bonds is 4. The monoisotopic (exact) mass is 266 g/mol. The molecule has 0 spiro atoms. The van der Waals surface area contributed by atoms with Crippen LogP contribution in [-0.2, 0) is 0 Å². The summed E-state index contributed by atoms with van der Waals surface area (Å²) < 4.78 is 38.7. The summed E-state index contributed by atoms with van der Waals surface area (Å²) in [6.45, 7) is 5.27. The Labute approximate surface area is 105 Å². The topological polar surface area (TPSA) is 48.1 Å². The molecule has 2 unspecified atom stereocenters. The third-order valence-corrected chi connectivity index (χ3v) is 3.43. The van der Waals surface area contributed by atoms with Gasteiger partial charge in [-0.3, -0.25) is 0 Å². The zero-order valence-corrected chi connectivity index (χ0v) is 11.1. The van der Waals surface area contributed by atoms with Gasteiger partial charge in [-0.2, -0.15) is 13.2 Å². The molecule has 3 atom stereocenters. The van der Waals surface area contributed by atoms with Crippen LogP contribution >= 0.6 is 0 Å². The van der Waals surface area contributed by atoms with Crippen LogP contribution in [-0.4, -0.2) is 37.4 Å². The van der Waals surface area contributed by atoms with Gasteiger partial charge in [0.25, 0.3) is 0 Å². The minimum Gasteiger partial charge on any atom is -0.373 e. The summed E-state index contributed by atoms with van der Waals surface area (Å²) in [6, 6.07) is -0.520. The van der Waals surface area contributed by atoms with Crippen molar-refractivity contribution in [3.8, 4) is 0 Å². The Morgan fingerprint density at radius 1 is 1.50 bits per heavy atom. The van der Waals surface area contributed by atoms with Crippen molar-refractivity contribution in [1.29, 1.82) is 0 Å². The summed E-state index contributed by atoms with van der Waals surface area (Å²) in [6.07, 6.45) is -2.96. The van der Waals surface area contributed by atoms with Crippen molar-refractivity contribution in [2.75, 3.05) is 13.6 Å². The normalized spacial score (nSPS) is 29.9. The van der Waals surface area contributed by atoms with Crippen molar-refractivity contribution in [2.45, 2.75) is 44.6 Å². The lowest BCUT2D eigenvalue weighted by Gasteiger charge is -2.42. The largest absolute Gasteiger partial charge is 0.413 e. The molecule has 106 valence electrons. The molecule has 0 bridgehead atoms. The van der Waals surface area contributed by atoms with Crippen LogP contribution in [0, 0.1) is 0 Å². The van der Waals surface area contributed by atoms with Crippen molar-refractivity contribution in [1.82, 2.24) is 21.3 Å². The molecule has 0 aromatic rings. The predicted molar refractivity (Wildman–Crippen MR) is 64.8 cm³/mol. The summed E-state index contributed by atoms with van der Waals surface area (Å²) in [4.78, 5) is 0. The highest BCUT2D eigenvalue weighted by Gasteiger charge is 2.55. The maximum atomic E-state index is 12.9. The summed E-state index contributed by atoms with van der Waals surface area (Å²) in [7, 11) is 1.83. The van der Waals surface area contributed by atoms with Crippen molar-refractivity contribution in [3.63, 3.8) is 0 Å². The van der Waals surface area contributed by atoms with E-state index in [0.717, 1.165) is 6.92 Å². The smallest absolute Gasteiger partial charge is 0.373 e. The zero-order valence-electron chi connectivity index (χ0n) is 11.1. The Balaban J connectivity index is 2.65. The number of halogens is 3. The molecule has 4 nitrogen and oxygen atoms in total. The lowest BCUT2D eigenvalue weighted by atomic mass is 9.91. The first-order valence-corrected chi connectivity index (χ1v) is 5.93. The fourth-order valence-electron chi connectivity index (χ4n) is 1.56. The number of likely N-dealkylation sites (N-methyl/N-ethyl adjacent to an activating group) is 1. The van der Waals surface area contributed by atoms with Gasteiger partial charge in [0.05, 0.1) is 6.04 Å². The Hall–Kier alpha value is -1.11. The third kappa shape index (κ3) is 3.01. The van der Waals surface area contributed by atoms with Gasteiger partial charge in [0.2, 0.25) is 0 Å². The maximum Gasteiger partial charge on any atom is 0.413 e. The van der Waals surface area contributed by atoms with Crippen molar-refractivity contribution >= 4 is 0 Å². The minimum atomic E-state index is -4.31. The SMILES string of the molecule is CN[C@@H](C)CNC1=CNC(C)(C(F)(F)F)C(C)N1. The highest BCUT2D eigenvalue weighted by atomic mass is 19.4. The van der Waals surface area contributed by atoms with Crippen LogP contribution in [0.15, 0.2) is 12.0 Å². The van der Waals surface area contributed by atoms with Gasteiger partial charge in [-0.15, -0.1) is 0 Å². The van der Waals surface area contributed by atoms with Gasteiger partial charge < -0.3 is 21.3 Å². The molecule has 1 heterocycles. The second-order valence-electron chi connectivity index (χ2n) is 4.84. The zero-order chi connectivity index (χ0) is 14.0. The molecule has 0 radical (unpaired) electrons. The van der Waals surface area contributed by atoms with E-state index in [1.807, 2.05) is 14.0 Å². The average molecular weight is 266 g/mol. The van der Waals surface area contributed by atoms with Gasteiger partial charge in [0.15, 0.2) is 5.54 Å². The van der Waals surface area contributed by atoms with E-state index in [2.05, 4.69) is 21.3 Å². The molecule has 0 saturated carbocycles. The molecule has 0 amide bonds. The van der Waals surface area contributed by atoms with E-state index in [-0.39, 0.29) is 6.04 Å². The summed E-state index contributed by atoms with van der Waals surface area (Å²) in [5, 5.41) is 11.4. The molecule has 18 heavy (non-hydrogen) atoms. The first-order chi connectivity index (χ1) is 8.20. The molecule has 0 saturated heterocycles. The second kappa shape index (κ2) is 5.26. The molecule has 7 heteroatoms. The highest BCUT2D eigenvalue weighted by molar-refractivity contribution is 5.14. The van der Waals surface area contributed by atoms with Gasteiger partial charge in [0, 0.05) is 18.8 Å². The second-order valence-corrected chi connectivity index (χ2v) is 4.84. The molecule has 0 aromatic heterocycles. The first-order valence-electron chi connectivity index (χ1n) is 5.93. The molecule has 4 N–H and O–H groups in total. The standard InChI is InChI=1S/C11H21F3N4/c1-7(15-4)5-16-9-6-17-10(3,8(2)18-9)11(12,13)14/h6-8,15-18H,5H2,1-4H3/t7-,8?,10?/m0/s1. The molecule has 1 aliphatic heterocycles. The van der Waals surface area contributed by atoms with Crippen LogP contribution in [0.1, 0.15) is 20.8 Å². The molecular formula is C11H21F3N4. The van der Waals surface area contributed by atoms with Crippen molar-refractivity contribution < 1.29 is 13.2 Å². The van der Waals surface area contributed by atoms with Crippen LogP contribution < -0.4 is 21.3 Å².